The zero-order valence-electron chi connectivity index (χ0n) is 14.3. The molecule has 4 unspecified atom stereocenters. The van der Waals surface area contributed by atoms with Crippen molar-refractivity contribution in [2.45, 2.75) is 78.1 Å². The van der Waals surface area contributed by atoms with Gasteiger partial charge in [0.25, 0.3) is 0 Å². The van der Waals surface area contributed by atoms with E-state index in [1.807, 2.05) is 0 Å². The molecule has 126 valence electrons. The summed E-state index contributed by atoms with van der Waals surface area (Å²) in [7, 11) is 0. The van der Waals surface area contributed by atoms with Gasteiger partial charge in [0.1, 0.15) is 0 Å². The predicted octanol–water partition coefficient (Wildman–Crippen LogP) is 2.33. The number of hydrogen-bond acceptors (Lipinski definition) is 4. The molecule has 0 aromatic rings. The highest BCUT2D eigenvalue weighted by molar-refractivity contribution is 4.73. The molecule has 0 spiro atoms. The minimum atomic E-state index is -0.496. The van der Waals surface area contributed by atoms with E-state index in [2.05, 4.69) is 33.0 Å². The second kappa shape index (κ2) is 9.09. The van der Waals surface area contributed by atoms with Crippen LogP contribution in [0.1, 0.15) is 59.8 Å². The Morgan fingerprint density at radius 1 is 1.14 bits per heavy atom. The van der Waals surface area contributed by atoms with Crippen LogP contribution in [0.5, 0.6) is 0 Å². The Balaban J connectivity index is 2.07. The van der Waals surface area contributed by atoms with Gasteiger partial charge in [-0.2, -0.15) is 0 Å². The lowest BCUT2D eigenvalue weighted by Crippen LogP contribution is -2.37. The van der Waals surface area contributed by atoms with Gasteiger partial charge in [-0.25, -0.2) is 0 Å². The van der Waals surface area contributed by atoms with E-state index < -0.39 is 6.10 Å². The van der Waals surface area contributed by atoms with Gasteiger partial charge in [-0.3, -0.25) is 0 Å². The first-order chi connectivity index (χ1) is 9.76. The third-order valence-corrected chi connectivity index (χ3v) is 4.02. The molecule has 0 saturated heterocycles. The van der Waals surface area contributed by atoms with E-state index in [0.29, 0.717) is 25.8 Å². The van der Waals surface area contributed by atoms with Crippen LogP contribution in [-0.4, -0.2) is 48.2 Å². The molecule has 1 saturated carbocycles. The number of hydrogen-bond donors (Lipinski definition) is 3. The highest BCUT2D eigenvalue weighted by atomic mass is 16.5. The SMILES string of the molecule is CC1CCCC(OCC(O)CNCC(O)CC(C)(C)C)C1. The van der Waals surface area contributed by atoms with Gasteiger partial charge in [0.2, 0.25) is 0 Å². The molecule has 1 rings (SSSR count). The molecule has 1 fully saturated rings. The Bertz CT molecular complexity index is 278. The summed E-state index contributed by atoms with van der Waals surface area (Å²) < 4.78 is 5.80. The Morgan fingerprint density at radius 2 is 1.81 bits per heavy atom. The van der Waals surface area contributed by atoms with Gasteiger partial charge >= 0.3 is 0 Å². The standard InChI is InChI=1S/C17H35NO3/c1-13-6-5-7-16(8-13)21-12-15(20)11-18-10-14(19)9-17(2,3)4/h13-16,18-20H,5-12H2,1-4H3. The third-order valence-electron chi connectivity index (χ3n) is 4.02. The van der Waals surface area contributed by atoms with Gasteiger partial charge in [0, 0.05) is 13.1 Å². The van der Waals surface area contributed by atoms with Crippen LogP contribution in [0, 0.1) is 11.3 Å². The van der Waals surface area contributed by atoms with E-state index in [4.69, 9.17) is 4.74 Å². The van der Waals surface area contributed by atoms with Crippen molar-refractivity contribution in [3.63, 3.8) is 0 Å². The van der Waals surface area contributed by atoms with Gasteiger partial charge in [0.15, 0.2) is 0 Å². The topological polar surface area (TPSA) is 61.7 Å². The lowest BCUT2D eigenvalue weighted by atomic mass is 9.89. The quantitative estimate of drug-likeness (QED) is 0.644. The first kappa shape index (κ1) is 18.9. The highest BCUT2D eigenvalue weighted by Gasteiger charge is 2.20. The van der Waals surface area contributed by atoms with Crippen LogP contribution in [0.2, 0.25) is 0 Å². The Morgan fingerprint density at radius 3 is 2.43 bits per heavy atom. The van der Waals surface area contributed by atoms with Crippen molar-refractivity contribution >= 4 is 0 Å². The van der Waals surface area contributed by atoms with Crippen molar-refractivity contribution in [3.8, 4) is 0 Å². The molecule has 4 heteroatoms. The maximum atomic E-state index is 9.92. The smallest absolute Gasteiger partial charge is 0.0897 e. The summed E-state index contributed by atoms with van der Waals surface area (Å²) in [5.41, 5.74) is 0.125. The second-order valence-electron chi connectivity index (χ2n) is 7.96. The molecular weight excluding hydrogens is 266 g/mol. The molecule has 4 atom stereocenters. The van der Waals surface area contributed by atoms with Crippen LogP contribution in [0.15, 0.2) is 0 Å². The van der Waals surface area contributed by atoms with Gasteiger partial charge < -0.3 is 20.3 Å². The van der Waals surface area contributed by atoms with Crippen LogP contribution in [0.3, 0.4) is 0 Å². The average molecular weight is 301 g/mol. The third kappa shape index (κ3) is 9.46. The van der Waals surface area contributed by atoms with Crippen LogP contribution >= 0.6 is 0 Å². The van der Waals surface area contributed by atoms with E-state index in [-0.39, 0.29) is 11.5 Å². The Kier molecular flexibility index (Phi) is 8.17. The maximum absolute atomic E-state index is 9.92. The van der Waals surface area contributed by atoms with E-state index in [1.54, 1.807) is 0 Å². The van der Waals surface area contributed by atoms with Crippen LogP contribution in [0.25, 0.3) is 0 Å². The van der Waals surface area contributed by atoms with Crippen LogP contribution in [-0.2, 0) is 4.74 Å². The first-order valence-corrected chi connectivity index (χ1v) is 8.44. The summed E-state index contributed by atoms with van der Waals surface area (Å²) in [6.45, 7) is 10.0. The fourth-order valence-corrected chi connectivity index (χ4v) is 3.03. The van der Waals surface area contributed by atoms with Gasteiger partial charge in [-0.15, -0.1) is 0 Å². The fourth-order valence-electron chi connectivity index (χ4n) is 3.03. The monoisotopic (exact) mass is 301 g/mol. The molecule has 0 aromatic heterocycles. The minimum Gasteiger partial charge on any atom is -0.392 e. The molecule has 0 radical (unpaired) electrons. The van der Waals surface area contributed by atoms with E-state index in [9.17, 15) is 10.2 Å². The average Bonchev–Trinajstić information content (AvgIpc) is 2.34. The summed E-state index contributed by atoms with van der Waals surface area (Å²) in [5, 5.41) is 22.9. The summed E-state index contributed by atoms with van der Waals surface area (Å²) in [4.78, 5) is 0. The molecule has 0 aliphatic heterocycles. The largest absolute Gasteiger partial charge is 0.392 e. The zero-order valence-corrected chi connectivity index (χ0v) is 14.3. The van der Waals surface area contributed by atoms with Crippen LogP contribution < -0.4 is 5.32 Å². The van der Waals surface area contributed by atoms with Gasteiger partial charge in [0.05, 0.1) is 24.9 Å². The molecule has 4 nitrogen and oxygen atoms in total. The molecular formula is C17H35NO3. The number of aliphatic hydroxyl groups excluding tert-OH is 2. The number of rotatable bonds is 8. The predicted molar refractivity (Wildman–Crippen MR) is 86.3 cm³/mol. The molecule has 1 aliphatic rings. The highest BCUT2D eigenvalue weighted by Crippen LogP contribution is 2.25. The van der Waals surface area contributed by atoms with Crippen molar-refractivity contribution in [1.29, 1.82) is 0 Å². The van der Waals surface area contributed by atoms with Crippen molar-refractivity contribution in [1.82, 2.24) is 5.32 Å². The summed E-state index contributed by atoms with van der Waals surface area (Å²) in [6.07, 6.45) is 4.98. The zero-order chi connectivity index (χ0) is 15.9. The number of aliphatic hydroxyl groups is 2. The van der Waals surface area contributed by atoms with Crippen molar-refractivity contribution in [2.75, 3.05) is 19.7 Å². The minimum absolute atomic E-state index is 0.125. The maximum Gasteiger partial charge on any atom is 0.0897 e. The lowest BCUT2D eigenvalue weighted by Gasteiger charge is -2.28. The van der Waals surface area contributed by atoms with Gasteiger partial charge in [-0.1, -0.05) is 40.5 Å². The second-order valence-corrected chi connectivity index (χ2v) is 7.96. The summed E-state index contributed by atoms with van der Waals surface area (Å²) >= 11 is 0. The van der Waals surface area contributed by atoms with Crippen molar-refractivity contribution < 1.29 is 14.9 Å². The van der Waals surface area contributed by atoms with Gasteiger partial charge in [-0.05, 0) is 30.6 Å². The molecule has 0 aromatic carbocycles. The first-order valence-electron chi connectivity index (χ1n) is 8.44. The molecule has 0 amide bonds. The summed E-state index contributed by atoms with van der Waals surface area (Å²) in [6, 6.07) is 0. The fraction of sp³-hybridized carbons (Fsp3) is 1.00. The lowest BCUT2D eigenvalue weighted by molar-refractivity contribution is -0.0312. The van der Waals surface area contributed by atoms with E-state index >= 15 is 0 Å². The molecule has 0 heterocycles. The summed E-state index contributed by atoms with van der Waals surface area (Å²) in [5.74, 6) is 0.742. The molecule has 3 N–H and O–H groups in total. The normalized spacial score (nSPS) is 26.6. The van der Waals surface area contributed by atoms with Crippen molar-refractivity contribution in [2.24, 2.45) is 11.3 Å². The molecule has 0 bridgehead atoms. The number of nitrogens with one attached hydrogen (secondary N) is 1. The van der Waals surface area contributed by atoms with E-state index in [1.165, 1.54) is 12.8 Å². The van der Waals surface area contributed by atoms with Crippen molar-refractivity contribution in [3.05, 3.63) is 0 Å². The number of ether oxygens (including phenoxy) is 1. The van der Waals surface area contributed by atoms with E-state index in [0.717, 1.165) is 25.2 Å². The Labute approximate surface area is 130 Å². The van der Waals surface area contributed by atoms with Crippen LogP contribution in [0.4, 0.5) is 0 Å². The Hall–Kier alpha value is -0.160. The molecule has 1 aliphatic carbocycles. The molecule has 21 heavy (non-hydrogen) atoms.